The van der Waals surface area contributed by atoms with Crippen LogP contribution in [0.4, 0.5) is 0 Å². The van der Waals surface area contributed by atoms with Gasteiger partial charge in [0.05, 0.1) is 19.2 Å². The minimum Gasteiger partial charge on any atom is -0.493 e. The molecule has 0 saturated carbocycles. The average Bonchev–Trinajstić information content (AvgIpc) is 2.71. The maximum Gasteiger partial charge on any atom is 0.234 e. The van der Waals surface area contributed by atoms with E-state index >= 15 is 0 Å². The Morgan fingerprint density at radius 2 is 1.75 bits per heavy atom. The molecule has 0 aromatic heterocycles. The average molecular weight is 400 g/mol. The van der Waals surface area contributed by atoms with Gasteiger partial charge >= 0.3 is 0 Å². The first kappa shape index (κ1) is 19.2. The monoisotopic (exact) mass is 399 g/mol. The largest absolute Gasteiger partial charge is 0.493 e. The van der Waals surface area contributed by atoms with E-state index in [4.69, 9.17) is 16.3 Å². The van der Waals surface area contributed by atoms with Gasteiger partial charge in [-0.1, -0.05) is 41.9 Å². The first-order chi connectivity index (χ1) is 13.7. The van der Waals surface area contributed by atoms with Crippen molar-refractivity contribution in [2.75, 3.05) is 39.3 Å². The number of hydrogen-bond acceptors (Lipinski definition) is 4. The number of carbonyl (C=O) groups excluding carboxylic acids is 1. The number of amides is 1. The summed E-state index contributed by atoms with van der Waals surface area (Å²) in [6, 6.07) is 16.0. The molecule has 0 aliphatic carbocycles. The van der Waals surface area contributed by atoms with Crippen molar-refractivity contribution in [3.8, 4) is 5.75 Å². The van der Waals surface area contributed by atoms with Crippen LogP contribution in [0.5, 0.6) is 5.75 Å². The second-order valence-electron chi connectivity index (χ2n) is 7.47. The van der Waals surface area contributed by atoms with Crippen LogP contribution in [0.3, 0.4) is 0 Å². The van der Waals surface area contributed by atoms with Gasteiger partial charge in [0.25, 0.3) is 0 Å². The van der Waals surface area contributed by atoms with Crippen molar-refractivity contribution < 1.29 is 9.53 Å². The van der Waals surface area contributed by atoms with E-state index in [1.54, 1.807) is 0 Å². The Kier molecular flexibility index (Phi) is 6.15. The lowest BCUT2D eigenvalue weighted by Gasteiger charge is -2.35. The van der Waals surface area contributed by atoms with Crippen molar-refractivity contribution in [2.45, 2.75) is 19.0 Å². The Bertz CT molecular complexity index is 804. The summed E-state index contributed by atoms with van der Waals surface area (Å²) in [5, 5.41) is 3.96. The number of para-hydroxylation sites is 1. The molecule has 0 spiro atoms. The molecule has 2 aliphatic heterocycles. The molecule has 6 heteroatoms. The Hall–Kier alpha value is -2.08. The Labute approximate surface area is 171 Å². The fraction of sp³-hybridized carbons (Fsp3) is 0.409. The van der Waals surface area contributed by atoms with Gasteiger partial charge in [0, 0.05) is 49.7 Å². The van der Waals surface area contributed by atoms with Gasteiger partial charge in [0.2, 0.25) is 5.91 Å². The highest BCUT2D eigenvalue weighted by molar-refractivity contribution is 6.30. The molecule has 2 heterocycles. The maximum absolute atomic E-state index is 12.6. The molecule has 1 N–H and O–H groups in total. The van der Waals surface area contributed by atoms with E-state index in [0.29, 0.717) is 13.2 Å². The van der Waals surface area contributed by atoms with Gasteiger partial charge in [-0.2, -0.15) is 0 Å². The van der Waals surface area contributed by atoms with Gasteiger partial charge in [0.15, 0.2) is 0 Å². The lowest BCUT2D eigenvalue weighted by atomic mass is 10.0. The second-order valence-corrected chi connectivity index (χ2v) is 7.91. The zero-order valence-electron chi connectivity index (χ0n) is 15.9. The molecule has 0 radical (unpaired) electrons. The number of rotatable bonds is 5. The van der Waals surface area contributed by atoms with Gasteiger partial charge in [-0.25, -0.2) is 0 Å². The van der Waals surface area contributed by atoms with Crippen LogP contribution in [0.25, 0.3) is 0 Å². The lowest BCUT2D eigenvalue weighted by molar-refractivity contribution is -0.123. The van der Waals surface area contributed by atoms with Crippen molar-refractivity contribution in [1.82, 2.24) is 15.1 Å². The number of carbonyl (C=O) groups is 1. The van der Waals surface area contributed by atoms with Crippen LogP contribution in [0.15, 0.2) is 48.5 Å². The molecule has 148 valence electrons. The van der Waals surface area contributed by atoms with Crippen LogP contribution < -0.4 is 10.1 Å². The SMILES string of the molecule is O=C(CN1CCN(Cc2ccc(Cl)cc2)CC1)NC1CCOc2ccccc21. The van der Waals surface area contributed by atoms with E-state index in [9.17, 15) is 4.79 Å². The van der Waals surface area contributed by atoms with Crippen molar-refractivity contribution >= 4 is 17.5 Å². The highest BCUT2D eigenvalue weighted by atomic mass is 35.5. The fourth-order valence-corrected chi connectivity index (χ4v) is 4.01. The summed E-state index contributed by atoms with van der Waals surface area (Å²) in [7, 11) is 0. The van der Waals surface area contributed by atoms with E-state index in [0.717, 1.165) is 55.5 Å². The molecular weight excluding hydrogens is 374 g/mol. The number of nitrogens with one attached hydrogen (secondary N) is 1. The van der Waals surface area contributed by atoms with Crippen molar-refractivity contribution in [3.63, 3.8) is 0 Å². The van der Waals surface area contributed by atoms with Crippen LogP contribution in [0.2, 0.25) is 5.02 Å². The molecule has 1 saturated heterocycles. The van der Waals surface area contributed by atoms with Crippen molar-refractivity contribution in [3.05, 3.63) is 64.7 Å². The number of fused-ring (bicyclic) bond motifs is 1. The van der Waals surface area contributed by atoms with Crippen LogP contribution in [-0.2, 0) is 11.3 Å². The lowest BCUT2D eigenvalue weighted by Crippen LogP contribution is -2.49. The number of halogens is 1. The van der Waals surface area contributed by atoms with E-state index in [1.165, 1.54) is 5.56 Å². The molecule has 5 nitrogen and oxygen atoms in total. The molecule has 0 bridgehead atoms. The highest BCUT2D eigenvalue weighted by Crippen LogP contribution is 2.31. The summed E-state index contributed by atoms with van der Waals surface area (Å²) >= 11 is 5.95. The zero-order valence-corrected chi connectivity index (χ0v) is 16.7. The Balaban J connectivity index is 1.24. The number of hydrogen-bond donors (Lipinski definition) is 1. The van der Waals surface area contributed by atoms with Crippen molar-refractivity contribution in [1.29, 1.82) is 0 Å². The smallest absolute Gasteiger partial charge is 0.234 e. The van der Waals surface area contributed by atoms with E-state index in [1.807, 2.05) is 36.4 Å². The summed E-state index contributed by atoms with van der Waals surface area (Å²) in [5.74, 6) is 0.975. The molecule has 2 aromatic carbocycles. The summed E-state index contributed by atoms with van der Waals surface area (Å²) in [4.78, 5) is 17.2. The summed E-state index contributed by atoms with van der Waals surface area (Å²) in [6.45, 7) is 5.78. The van der Waals surface area contributed by atoms with Gasteiger partial charge in [0.1, 0.15) is 5.75 Å². The first-order valence-electron chi connectivity index (χ1n) is 9.87. The normalized spacial score (nSPS) is 20.2. The van der Waals surface area contributed by atoms with Gasteiger partial charge in [-0.05, 0) is 23.8 Å². The molecule has 28 heavy (non-hydrogen) atoms. The summed E-state index contributed by atoms with van der Waals surface area (Å²) in [6.07, 6.45) is 0.817. The number of nitrogens with zero attached hydrogens (tertiary/aromatic N) is 2. The summed E-state index contributed by atoms with van der Waals surface area (Å²) in [5.41, 5.74) is 2.35. The van der Waals surface area contributed by atoms with Gasteiger partial charge in [-0.15, -0.1) is 0 Å². The molecule has 1 fully saturated rings. The van der Waals surface area contributed by atoms with E-state index in [2.05, 4.69) is 27.2 Å². The molecule has 1 unspecified atom stereocenters. The number of piperazine rings is 1. The van der Waals surface area contributed by atoms with Crippen LogP contribution >= 0.6 is 11.6 Å². The molecule has 4 rings (SSSR count). The Morgan fingerprint density at radius 1 is 1.04 bits per heavy atom. The van der Waals surface area contributed by atoms with E-state index < -0.39 is 0 Å². The maximum atomic E-state index is 12.6. The highest BCUT2D eigenvalue weighted by Gasteiger charge is 2.24. The predicted octanol–water partition coefficient (Wildman–Crippen LogP) is 3.10. The zero-order chi connectivity index (χ0) is 19.3. The molecule has 1 atom stereocenters. The van der Waals surface area contributed by atoms with E-state index in [-0.39, 0.29) is 11.9 Å². The predicted molar refractivity (Wildman–Crippen MR) is 111 cm³/mol. The molecule has 1 amide bonds. The Morgan fingerprint density at radius 3 is 2.54 bits per heavy atom. The molecule has 2 aromatic rings. The third kappa shape index (κ3) is 4.85. The molecular formula is C22H26ClN3O2. The minimum atomic E-state index is 0.0450. The number of benzene rings is 2. The first-order valence-corrected chi connectivity index (χ1v) is 10.3. The standard InChI is InChI=1S/C22H26ClN3O2/c23-18-7-5-17(6-8-18)15-25-10-12-26(13-11-25)16-22(27)24-20-9-14-28-21-4-2-1-3-19(20)21/h1-8,20H,9-16H2,(H,24,27). The fourth-order valence-electron chi connectivity index (χ4n) is 3.89. The van der Waals surface area contributed by atoms with Gasteiger partial charge in [-0.3, -0.25) is 14.6 Å². The van der Waals surface area contributed by atoms with Crippen LogP contribution in [-0.4, -0.2) is 55.0 Å². The van der Waals surface area contributed by atoms with Crippen molar-refractivity contribution in [2.24, 2.45) is 0 Å². The summed E-state index contributed by atoms with van der Waals surface area (Å²) < 4.78 is 5.68. The quantitative estimate of drug-likeness (QED) is 0.839. The number of ether oxygens (including phenoxy) is 1. The van der Waals surface area contributed by atoms with Gasteiger partial charge < -0.3 is 10.1 Å². The molecule has 2 aliphatic rings. The van der Waals surface area contributed by atoms with Crippen LogP contribution in [0.1, 0.15) is 23.6 Å². The van der Waals surface area contributed by atoms with Crippen LogP contribution in [0, 0.1) is 0 Å². The third-order valence-corrected chi connectivity index (χ3v) is 5.70. The topological polar surface area (TPSA) is 44.8 Å². The second kappa shape index (κ2) is 8.95. The third-order valence-electron chi connectivity index (χ3n) is 5.45. The minimum absolute atomic E-state index is 0.0450.